The summed E-state index contributed by atoms with van der Waals surface area (Å²) in [6.07, 6.45) is 0.856. The van der Waals surface area contributed by atoms with Crippen LogP contribution in [0.3, 0.4) is 0 Å². The summed E-state index contributed by atoms with van der Waals surface area (Å²) in [5.41, 5.74) is 2.11. The van der Waals surface area contributed by atoms with E-state index in [0.29, 0.717) is 34.9 Å². The molecule has 0 aliphatic rings. The van der Waals surface area contributed by atoms with Gasteiger partial charge in [-0.05, 0) is 55.3 Å². The first kappa shape index (κ1) is 26.9. The maximum absolute atomic E-state index is 13.2. The van der Waals surface area contributed by atoms with E-state index in [4.69, 9.17) is 4.74 Å². The molecule has 0 aliphatic heterocycles. The van der Waals surface area contributed by atoms with Crippen molar-refractivity contribution in [2.75, 3.05) is 24.2 Å². The molecule has 2 N–H and O–H groups in total. The van der Waals surface area contributed by atoms with Crippen LogP contribution in [0.4, 0.5) is 5.69 Å². The second-order valence-corrected chi connectivity index (χ2v) is 9.44. The number of anilines is 1. The first-order valence-corrected chi connectivity index (χ1v) is 13.5. The molecule has 0 atom stereocenters. The summed E-state index contributed by atoms with van der Waals surface area (Å²) in [5.74, 6) is 0.409. The molecule has 0 aliphatic carbocycles. The van der Waals surface area contributed by atoms with Gasteiger partial charge in [-0.15, -0.1) is 0 Å². The van der Waals surface area contributed by atoms with Gasteiger partial charge in [-0.3, -0.25) is 19.0 Å². The number of nitrogens with one attached hydrogen (secondary N) is 2. The topological polar surface area (TPSA) is 102 Å². The number of thioether (sulfide) groups is 1. The fourth-order valence-electron chi connectivity index (χ4n) is 3.88. The van der Waals surface area contributed by atoms with E-state index in [2.05, 4.69) is 15.6 Å². The minimum Gasteiger partial charge on any atom is -0.494 e. The van der Waals surface area contributed by atoms with Gasteiger partial charge in [-0.1, -0.05) is 54.2 Å². The average molecular weight is 531 g/mol. The molecule has 38 heavy (non-hydrogen) atoms. The maximum Gasteiger partial charge on any atom is 0.262 e. The van der Waals surface area contributed by atoms with E-state index in [1.165, 1.54) is 4.57 Å². The largest absolute Gasteiger partial charge is 0.494 e. The lowest BCUT2D eigenvalue weighted by molar-refractivity contribution is -0.121. The second-order valence-electron chi connectivity index (χ2n) is 8.50. The fraction of sp³-hybridized carbons (Fsp3) is 0.241. The zero-order chi connectivity index (χ0) is 26.7. The van der Waals surface area contributed by atoms with Crippen molar-refractivity contribution in [3.05, 3.63) is 94.8 Å². The van der Waals surface area contributed by atoms with Crippen LogP contribution in [0.5, 0.6) is 5.75 Å². The van der Waals surface area contributed by atoms with Gasteiger partial charge in [0, 0.05) is 25.2 Å². The molecule has 0 spiro atoms. The Balaban J connectivity index is 1.39. The third-order valence-corrected chi connectivity index (χ3v) is 6.73. The highest BCUT2D eigenvalue weighted by atomic mass is 32.2. The third kappa shape index (κ3) is 7.45. The highest BCUT2D eigenvalue weighted by Crippen LogP contribution is 2.20. The lowest BCUT2D eigenvalue weighted by atomic mass is 10.1. The molecule has 1 heterocycles. The van der Waals surface area contributed by atoms with E-state index >= 15 is 0 Å². The van der Waals surface area contributed by atoms with Crippen LogP contribution in [-0.4, -0.2) is 40.3 Å². The summed E-state index contributed by atoms with van der Waals surface area (Å²) in [5, 5.41) is 6.63. The summed E-state index contributed by atoms with van der Waals surface area (Å²) < 4.78 is 6.91. The average Bonchev–Trinajstić information content (AvgIpc) is 2.93. The number of carbonyl (C=O) groups excluding carboxylic acids is 2. The van der Waals surface area contributed by atoms with Crippen LogP contribution in [-0.2, 0) is 22.6 Å². The first-order valence-electron chi connectivity index (χ1n) is 12.5. The van der Waals surface area contributed by atoms with Crippen molar-refractivity contribution >= 4 is 40.2 Å². The number of fused-ring (bicyclic) bond motifs is 1. The first-order chi connectivity index (χ1) is 18.5. The number of benzene rings is 3. The standard InChI is InChI=1S/C29H30N4O4S/c1-2-37-23-14-12-22(13-15-23)31-27(35)20-38-29-32-25-11-7-6-10-24(25)28(36)33(29)19-17-26(34)30-18-16-21-8-4-3-5-9-21/h3-15H,2,16-20H2,1H3,(H,30,34)(H,31,35). The Morgan fingerprint density at radius 1 is 0.947 bits per heavy atom. The number of amides is 2. The Morgan fingerprint density at radius 3 is 2.45 bits per heavy atom. The van der Waals surface area contributed by atoms with Crippen molar-refractivity contribution in [1.29, 1.82) is 0 Å². The molecule has 0 saturated carbocycles. The Kier molecular flexibility index (Phi) is 9.53. The van der Waals surface area contributed by atoms with Gasteiger partial charge >= 0.3 is 0 Å². The van der Waals surface area contributed by atoms with E-state index in [1.54, 1.807) is 42.5 Å². The number of nitrogens with zero attached hydrogens (tertiary/aromatic N) is 2. The summed E-state index contributed by atoms with van der Waals surface area (Å²) in [6.45, 7) is 3.15. The zero-order valence-electron chi connectivity index (χ0n) is 21.2. The normalized spacial score (nSPS) is 10.8. The van der Waals surface area contributed by atoms with Crippen LogP contribution >= 0.6 is 11.8 Å². The molecule has 2 amide bonds. The Morgan fingerprint density at radius 2 is 1.68 bits per heavy atom. The Bertz CT molecular complexity index is 1440. The molecule has 4 rings (SSSR count). The quantitative estimate of drug-likeness (QED) is 0.209. The van der Waals surface area contributed by atoms with Crippen molar-refractivity contribution in [2.45, 2.75) is 31.5 Å². The molecule has 3 aromatic carbocycles. The third-order valence-electron chi connectivity index (χ3n) is 5.75. The smallest absolute Gasteiger partial charge is 0.262 e. The summed E-state index contributed by atoms with van der Waals surface area (Å²) in [7, 11) is 0. The lowest BCUT2D eigenvalue weighted by Crippen LogP contribution is -2.30. The van der Waals surface area contributed by atoms with Crippen LogP contribution in [0.2, 0.25) is 0 Å². The van der Waals surface area contributed by atoms with Crippen LogP contribution < -0.4 is 20.9 Å². The predicted molar refractivity (Wildman–Crippen MR) is 151 cm³/mol. The van der Waals surface area contributed by atoms with Gasteiger partial charge in [0.05, 0.1) is 23.3 Å². The Hall–Kier alpha value is -4.11. The second kappa shape index (κ2) is 13.4. The van der Waals surface area contributed by atoms with Gasteiger partial charge in [0.2, 0.25) is 11.8 Å². The highest BCUT2D eigenvalue weighted by molar-refractivity contribution is 7.99. The molecule has 0 fully saturated rings. The molecule has 4 aromatic rings. The van der Waals surface area contributed by atoms with Crippen LogP contribution in [0, 0.1) is 0 Å². The van der Waals surface area contributed by atoms with Gasteiger partial charge in [0.25, 0.3) is 5.56 Å². The summed E-state index contributed by atoms with van der Waals surface area (Å²) in [4.78, 5) is 43.0. The van der Waals surface area contributed by atoms with E-state index in [0.717, 1.165) is 29.5 Å². The SMILES string of the molecule is CCOc1ccc(NC(=O)CSc2nc3ccccc3c(=O)n2CCC(=O)NCCc2ccccc2)cc1. The molecular weight excluding hydrogens is 500 g/mol. The maximum atomic E-state index is 13.2. The minimum absolute atomic E-state index is 0.0568. The van der Waals surface area contributed by atoms with E-state index in [-0.39, 0.29) is 36.1 Å². The monoisotopic (exact) mass is 530 g/mol. The predicted octanol–water partition coefficient (Wildman–Crippen LogP) is 4.28. The molecule has 8 nitrogen and oxygen atoms in total. The van der Waals surface area contributed by atoms with Crippen molar-refractivity contribution in [3.63, 3.8) is 0 Å². The molecule has 0 bridgehead atoms. The molecule has 1 aromatic heterocycles. The number of ether oxygens (including phenoxy) is 1. The lowest BCUT2D eigenvalue weighted by Gasteiger charge is -2.13. The van der Waals surface area contributed by atoms with Crippen LogP contribution in [0.25, 0.3) is 10.9 Å². The number of para-hydroxylation sites is 1. The van der Waals surface area contributed by atoms with Crippen molar-refractivity contribution in [3.8, 4) is 5.75 Å². The van der Waals surface area contributed by atoms with Gasteiger partial charge in [-0.25, -0.2) is 4.98 Å². The number of aromatic nitrogens is 2. The zero-order valence-corrected chi connectivity index (χ0v) is 22.0. The molecule has 0 unspecified atom stereocenters. The van der Waals surface area contributed by atoms with Crippen LogP contribution in [0.1, 0.15) is 18.9 Å². The molecule has 196 valence electrons. The van der Waals surface area contributed by atoms with Gasteiger partial charge in [0.1, 0.15) is 5.75 Å². The van der Waals surface area contributed by atoms with E-state index < -0.39 is 0 Å². The van der Waals surface area contributed by atoms with Gasteiger partial charge in [0.15, 0.2) is 5.16 Å². The number of hydrogen-bond acceptors (Lipinski definition) is 6. The van der Waals surface area contributed by atoms with Crippen molar-refractivity contribution < 1.29 is 14.3 Å². The summed E-state index contributed by atoms with van der Waals surface area (Å²) in [6, 6.07) is 24.1. The fourth-order valence-corrected chi connectivity index (χ4v) is 4.70. The molecule has 0 radical (unpaired) electrons. The number of carbonyl (C=O) groups is 2. The van der Waals surface area contributed by atoms with Gasteiger partial charge in [-0.2, -0.15) is 0 Å². The highest BCUT2D eigenvalue weighted by Gasteiger charge is 2.15. The van der Waals surface area contributed by atoms with E-state index in [1.807, 2.05) is 43.3 Å². The molecule has 0 saturated heterocycles. The van der Waals surface area contributed by atoms with Gasteiger partial charge < -0.3 is 15.4 Å². The molecular formula is C29H30N4O4S. The summed E-state index contributed by atoms with van der Waals surface area (Å²) >= 11 is 1.16. The number of hydrogen-bond donors (Lipinski definition) is 2. The number of rotatable bonds is 12. The minimum atomic E-state index is -0.234. The molecule has 9 heteroatoms. The van der Waals surface area contributed by atoms with Crippen LogP contribution in [0.15, 0.2) is 88.8 Å². The van der Waals surface area contributed by atoms with Crippen molar-refractivity contribution in [2.24, 2.45) is 0 Å². The Labute approximate surface area is 225 Å². The van der Waals surface area contributed by atoms with Crippen molar-refractivity contribution in [1.82, 2.24) is 14.9 Å². The van der Waals surface area contributed by atoms with E-state index in [9.17, 15) is 14.4 Å².